The van der Waals surface area contributed by atoms with Crippen LogP contribution in [-0.4, -0.2) is 6.04 Å². The van der Waals surface area contributed by atoms with Crippen molar-refractivity contribution in [2.45, 2.75) is 50.7 Å². The summed E-state index contributed by atoms with van der Waals surface area (Å²) in [5.74, 6) is -1.22. The monoisotopic (exact) mass is 275 g/mol. The zero-order valence-electron chi connectivity index (χ0n) is 10.6. The fourth-order valence-corrected chi connectivity index (χ4v) is 2.49. The summed E-state index contributed by atoms with van der Waals surface area (Å²) in [5, 5.41) is 3.09. The van der Waals surface area contributed by atoms with Crippen LogP contribution < -0.4 is 5.32 Å². The number of benzene rings is 1. The summed E-state index contributed by atoms with van der Waals surface area (Å²) < 4.78 is 51.0. The lowest BCUT2D eigenvalue weighted by molar-refractivity contribution is -0.139. The second kappa shape index (κ2) is 5.80. The summed E-state index contributed by atoms with van der Waals surface area (Å²) in [6.07, 6.45) is 1.80. The molecule has 1 aromatic rings. The largest absolute Gasteiger partial charge is 0.419 e. The van der Waals surface area contributed by atoms with Crippen LogP contribution in [0.15, 0.2) is 18.2 Å². The molecule has 19 heavy (non-hydrogen) atoms. The van der Waals surface area contributed by atoms with Gasteiger partial charge in [-0.15, -0.1) is 0 Å². The first-order chi connectivity index (χ1) is 8.97. The minimum atomic E-state index is -4.65. The third kappa shape index (κ3) is 3.85. The maximum absolute atomic E-state index is 13.2. The molecule has 0 bridgehead atoms. The number of rotatable bonds is 2. The summed E-state index contributed by atoms with van der Waals surface area (Å²) in [6.45, 7) is 0. The zero-order chi connectivity index (χ0) is 13.9. The molecular formula is C14H17F4N. The van der Waals surface area contributed by atoms with Crippen LogP contribution >= 0.6 is 0 Å². The van der Waals surface area contributed by atoms with Gasteiger partial charge in [-0.05, 0) is 31.0 Å². The molecule has 2 rings (SSSR count). The Morgan fingerprint density at radius 1 is 1.00 bits per heavy atom. The van der Waals surface area contributed by atoms with Crippen LogP contribution in [0.4, 0.5) is 23.2 Å². The van der Waals surface area contributed by atoms with Crippen molar-refractivity contribution in [1.29, 1.82) is 0 Å². The van der Waals surface area contributed by atoms with E-state index >= 15 is 0 Å². The van der Waals surface area contributed by atoms with Crippen molar-refractivity contribution in [1.82, 2.24) is 0 Å². The minimum absolute atomic E-state index is 0.189. The van der Waals surface area contributed by atoms with Gasteiger partial charge in [0.05, 0.1) is 5.56 Å². The average Bonchev–Trinajstić information content (AvgIpc) is 2.59. The molecule has 1 fully saturated rings. The zero-order valence-corrected chi connectivity index (χ0v) is 10.6. The molecule has 0 aromatic heterocycles. The standard InChI is InChI=1S/C14H17F4N/c15-13-8-7-11(9-12(13)14(16,17)18)19-10-5-3-1-2-4-6-10/h7-10,19H,1-6H2. The molecule has 106 valence electrons. The van der Waals surface area contributed by atoms with E-state index in [4.69, 9.17) is 0 Å². The molecule has 0 amide bonds. The first-order valence-corrected chi connectivity index (χ1v) is 6.60. The van der Waals surface area contributed by atoms with Crippen molar-refractivity contribution in [3.63, 3.8) is 0 Å². The molecule has 0 spiro atoms. The lowest BCUT2D eigenvalue weighted by atomic mass is 10.1. The molecule has 1 aromatic carbocycles. The Labute approximate surface area is 110 Å². The average molecular weight is 275 g/mol. The molecule has 0 radical (unpaired) electrons. The van der Waals surface area contributed by atoms with E-state index in [1.165, 1.54) is 18.9 Å². The van der Waals surface area contributed by atoms with Gasteiger partial charge in [0.1, 0.15) is 5.82 Å². The van der Waals surface area contributed by atoms with Gasteiger partial charge in [-0.25, -0.2) is 4.39 Å². The highest BCUT2D eigenvalue weighted by atomic mass is 19.4. The van der Waals surface area contributed by atoms with Crippen molar-refractivity contribution in [2.24, 2.45) is 0 Å². The topological polar surface area (TPSA) is 12.0 Å². The van der Waals surface area contributed by atoms with Gasteiger partial charge in [0.25, 0.3) is 0 Å². The molecule has 1 nitrogen and oxygen atoms in total. The van der Waals surface area contributed by atoms with Crippen molar-refractivity contribution in [3.8, 4) is 0 Å². The Morgan fingerprint density at radius 3 is 2.21 bits per heavy atom. The van der Waals surface area contributed by atoms with Gasteiger partial charge in [0.15, 0.2) is 0 Å². The highest BCUT2D eigenvalue weighted by Crippen LogP contribution is 2.33. The number of alkyl halides is 3. The molecule has 0 heterocycles. The normalized spacial score (nSPS) is 18.1. The highest BCUT2D eigenvalue weighted by molar-refractivity contribution is 5.47. The quantitative estimate of drug-likeness (QED) is 0.593. The number of anilines is 1. The van der Waals surface area contributed by atoms with Gasteiger partial charge in [-0.2, -0.15) is 13.2 Å². The fraction of sp³-hybridized carbons (Fsp3) is 0.571. The van der Waals surface area contributed by atoms with E-state index in [1.807, 2.05) is 0 Å². The third-order valence-electron chi connectivity index (χ3n) is 3.50. The van der Waals surface area contributed by atoms with E-state index in [-0.39, 0.29) is 6.04 Å². The van der Waals surface area contributed by atoms with E-state index in [0.717, 1.165) is 37.8 Å². The molecular weight excluding hydrogens is 258 g/mol. The van der Waals surface area contributed by atoms with Crippen LogP contribution in [-0.2, 0) is 6.18 Å². The molecule has 1 N–H and O–H groups in total. The number of nitrogens with one attached hydrogen (secondary N) is 1. The lowest BCUT2D eigenvalue weighted by Crippen LogP contribution is -2.19. The Kier molecular flexibility index (Phi) is 4.32. The molecule has 0 aliphatic heterocycles. The Balaban J connectivity index is 2.12. The predicted molar refractivity (Wildman–Crippen MR) is 66.5 cm³/mol. The second-order valence-corrected chi connectivity index (χ2v) is 5.03. The van der Waals surface area contributed by atoms with E-state index in [1.54, 1.807) is 0 Å². The van der Waals surface area contributed by atoms with Gasteiger partial charge in [-0.1, -0.05) is 25.7 Å². The van der Waals surface area contributed by atoms with Gasteiger partial charge >= 0.3 is 6.18 Å². The first kappa shape index (κ1) is 14.2. The number of hydrogen-bond acceptors (Lipinski definition) is 1. The van der Waals surface area contributed by atoms with Crippen LogP contribution in [0.1, 0.15) is 44.1 Å². The van der Waals surface area contributed by atoms with Crippen LogP contribution in [0, 0.1) is 5.82 Å². The van der Waals surface area contributed by atoms with E-state index < -0.39 is 17.6 Å². The van der Waals surface area contributed by atoms with E-state index in [0.29, 0.717) is 5.69 Å². The molecule has 1 aliphatic carbocycles. The van der Waals surface area contributed by atoms with Crippen LogP contribution in [0.2, 0.25) is 0 Å². The smallest absolute Gasteiger partial charge is 0.382 e. The molecule has 5 heteroatoms. The minimum Gasteiger partial charge on any atom is -0.382 e. The van der Waals surface area contributed by atoms with Gasteiger partial charge in [0.2, 0.25) is 0 Å². The fourth-order valence-electron chi connectivity index (χ4n) is 2.49. The summed E-state index contributed by atoms with van der Waals surface area (Å²) in [7, 11) is 0. The van der Waals surface area contributed by atoms with E-state index in [9.17, 15) is 17.6 Å². The first-order valence-electron chi connectivity index (χ1n) is 6.60. The van der Waals surface area contributed by atoms with Crippen LogP contribution in [0.5, 0.6) is 0 Å². The Morgan fingerprint density at radius 2 is 1.63 bits per heavy atom. The van der Waals surface area contributed by atoms with Gasteiger partial charge in [-0.3, -0.25) is 0 Å². The summed E-state index contributed by atoms with van der Waals surface area (Å²) >= 11 is 0. The van der Waals surface area contributed by atoms with Gasteiger partial charge < -0.3 is 5.32 Å². The summed E-state index contributed by atoms with van der Waals surface area (Å²) in [4.78, 5) is 0. The van der Waals surface area contributed by atoms with Crippen LogP contribution in [0.25, 0.3) is 0 Å². The maximum Gasteiger partial charge on any atom is 0.419 e. The molecule has 0 saturated heterocycles. The SMILES string of the molecule is Fc1ccc(NC2CCCCCC2)cc1C(F)(F)F. The predicted octanol–water partition coefficient (Wildman–Crippen LogP) is 4.98. The van der Waals surface area contributed by atoms with Crippen molar-refractivity contribution >= 4 is 5.69 Å². The summed E-state index contributed by atoms with van der Waals surface area (Å²) in [6, 6.07) is 3.30. The molecule has 1 aliphatic rings. The van der Waals surface area contributed by atoms with Crippen molar-refractivity contribution < 1.29 is 17.6 Å². The van der Waals surface area contributed by atoms with Gasteiger partial charge in [0, 0.05) is 11.7 Å². The third-order valence-corrected chi connectivity index (χ3v) is 3.50. The maximum atomic E-state index is 13.2. The van der Waals surface area contributed by atoms with Crippen molar-refractivity contribution in [2.75, 3.05) is 5.32 Å². The number of hydrogen-bond donors (Lipinski definition) is 1. The Bertz CT molecular complexity index is 420. The van der Waals surface area contributed by atoms with Crippen LogP contribution in [0.3, 0.4) is 0 Å². The lowest BCUT2D eigenvalue weighted by Gasteiger charge is -2.19. The molecule has 0 unspecified atom stereocenters. The summed E-state index contributed by atoms with van der Waals surface area (Å²) in [5.41, 5.74) is -0.855. The second-order valence-electron chi connectivity index (χ2n) is 5.03. The van der Waals surface area contributed by atoms with E-state index in [2.05, 4.69) is 5.32 Å². The highest BCUT2D eigenvalue weighted by Gasteiger charge is 2.34. The van der Waals surface area contributed by atoms with Crippen molar-refractivity contribution in [3.05, 3.63) is 29.6 Å². The molecule has 1 saturated carbocycles. The Hall–Kier alpha value is -1.26. The number of halogens is 4. The molecule has 0 atom stereocenters.